The van der Waals surface area contributed by atoms with E-state index in [1.165, 1.54) is 6.33 Å². The Morgan fingerprint density at radius 2 is 1.86 bits per heavy atom. The molecular formula is C14H24BrN5O. The third-order valence-corrected chi connectivity index (χ3v) is 3.75. The number of hydrogen-bond donors (Lipinski definition) is 3. The average molecular weight is 358 g/mol. The van der Waals surface area contributed by atoms with Gasteiger partial charge in [-0.15, -0.1) is 0 Å². The maximum Gasteiger partial charge on any atom is 0.221 e. The normalized spacial score (nSPS) is 11.8. The molecule has 0 aliphatic heterocycles. The van der Waals surface area contributed by atoms with Gasteiger partial charge in [0.1, 0.15) is 22.4 Å². The van der Waals surface area contributed by atoms with Crippen LogP contribution in [0, 0.1) is 0 Å². The van der Waals surface area contributed by atoms with E-state index in [1.807, 2.05) is 13.8 Å². The van der Waals surface area contributed by atoms with Crippen molar-refractivity contribution < 1.29 is 4.79 Å². The van der Waals surface area contributed by atoms with Crippen LogP contribution >= 0.6 is 15.9 Å². The molecule has 0 aliphatic rings. The van der Waals surface area contributed by atoms with Gasteiger partial charge in [0, 0.05) is 25.6 Å². The highest BCUT2D eigenvalue weighted by atomic mass is 79.9. The lowest BCUT2D eigenvalue weighted by Crippen LogP contribution is -2.33. The molecule has 0 radical (unpaired) electrons. The van der Waals surface area contributed by atoms with Crippen LogP contribution in [0.2, 0.25) is 0 Å². The number of nitrogens with zero attached hydrogens (tertiary/aromatic N) is 2. The third-order valence-electron chi connectivity index (χ3n) is 3.00. The van der Waals surface area contributed by atoms with Gasteiger partial charge in [-0.25, -0.2) is 9.97 Å². The molecule has 0 fully saturated rings. The predicted octanol–water partition coefficient (Wildman–Crippen LogP) is 2.78. The zero-order valence-corrected chi connectivity index (χ0v) is 14.5. The Labute approximate surface area is 134 Å². The summed E-state index contributed by atoms with van der Waals surface area (Å²) in [5.74, 6) is 1.50. The van der Waals surface area contributed by atoms with E-state index in [4.69, 9.17) is 0 Å². The molecule has 1 atom stereocenters. The van der Waals surface area contributed by atoms with Gasteiger partial charge in [0.05, 0.1) is 0 Å². The quantitative estimate of drug-likeness (QED) is 0.633. The summed E-state index contributed by atoms with van der Waals surface area (Å²) in [6.45, 7) is 7.53. The number of halogens is 1. The fourth-order valence-corrected chi connectivity index (χ4v) is 2.09. The Kier molecular flexibility index (Phi) is 8.04. The van der Waals surface area contributed by atoms with E-state index < -0.39 is 0 Å². The lowest BCUT2D eigenvalue weighted by atomic mass is 10.2. The average Bonchev–Trinajstić information content (AvgIpc) is 2.47. The number of carbonyl (C=O) groups excluding carboxylic acids is 1. The van der Waals surface area contributed by atoms with Crippen LogP contribution in [0.5, 0.6) is 0 Å². The van der Waals surface area contributed by atoms with Crippen LogP contribution in [0.1, 0.15) is 40.0 Å². The van der Waals surface area contributed by atoms with Crippen molar-refractivity contribution in [3.63, 3.8) is 0 Å². The van der Waals surface area contributed by atoms with Crippen molar-refractivity contribution in [2.24, 2.45) is 0 Å². The maximum atomic E-state index is 11.7. The zero-order chi connectivity index (χ0) is 15.7. The van der Waals surface area contributed by atoms with E-state index in [0.717, 1.165) is 29.7 Å². The topological polar surface area (TPSA) is 78.9 Å². The summed E-state index contributed by atoms with van der Waals surface area (Å²) in [5, 5.41) is 9.31. The van der Waals surface area contributed by atoms with Crippen LogP contribution in [0.4, 0.5) is 11.6 Å². The second-order valence-electron chi connectivity index (χ2n) is 4.87. The van der Waals surface area contributed by atoms with Crippen molar-refractivity contribution in [3.05, 3.63) is 10.8 Å². The van der Waals surface area contributed by atoms with Crippen molar-refractivity contribution >= 4 is 33.5 Å². The third kappa shape index (κ3) is 6.29. The molecule has 0 aliphatic carbocycles. The van der Waals surface area contributed by atoms with Gasteiger partial charge in [0.2, 0.25) is 5.91 Å². The molecule has 7 heteroatoms. The molecule has 0 bridgehead atoms. The van der Waals surface area contributed by atoms with E-state index in [-0.39, 0.29) is 11.9 Å². The summed E-state index contributed by atoms with van der Waals surface area (Å²) in [6.07, 6.45) is 3.88. The van der Waals surface area contributed by atoms with Gasteiger partial charge in [-0.05, 0) is 35.7 Å². The number of hydrogen-bond acceptors (Lipinski definition) is 5. The van der Waals surface area contributed by atoms with E-state index in [1.54, 1.807) is 0 Å². The Balaban J connectivity index is 2.46. The van der Waals surface area contributed by atoms with Crippen molar-refractivity contribution in [2.75, 3.05) is 23.7 Å². The fraction of sp³-hybridized carbons (Fsp3) is 0.643. The highest BCUT2D eigenvalue weighted by molar-refractivity contribution is 9.10. The molecule has 21 heavy (non-hydrogen) atoms. The number of carbonyl (C=O) groups is 1. The number of amides is 1. The molecule has 3 N–H and O–H groups in total. The van der Waals surface area contributed by atoms with E-state index in [0.29, 0.717) is 18.8 Å². The largest absolute Gasteiger partial charge is 0.369 e. The van der Waals surface area contributed by atoms with Gasteiger partial charge in [-0.1, -0.05) is 13.8 Å². The smallest absolute Gasteiger partial charge is 0.221 e. The Bertz CT molecular complexity index is 455. The molecule has 0 saturated heterocycles. The summed E-state index contributed by atoms with van der Waals surface area (Å²) in [5.41, 5.74) is 0. The van der Waals surface area contributed by atoms with Crippen molar-refractivity contribution in [3.8, 4) is 0 Å². The van der Waals surface area contributed by atoms with Crippen LogP contribution < -0.4 is 16.0 Å². The monoisotopic (exact) mass is 357 g/mol. The summed E-state index contributed by atoms with van der Waals surface area (Å²) in [4.78, 5) is 20.0. The van der Waals surface area contributed by atoms with Gasteiger partial charge in [0.25, 0.3) is 0 Å². The summed E-state index contributed by atoms with van der Waals surface area (Å²) in [6, 6.07) is 0.216. The Hall–Kier alpha value is -1.37. The van der Waals surface area contributed by atoms with Gasteiger partial charge in [-0.2, -0.15) is 0 Å². The van der Waals surface area contributed by atoms with Gasteiger partial charge < -0.3 is 16.0 Å². The number of anilines is 2. The first-order valence-corrected chi connectivity index (χ1v) is 8.15. The molecule has 0 aromatic carbocycles. The summed E-state index contributed by atoms with van der Waals surface area (Å²) >= 11 is 3.48. The van der Waals surface area contributed by atoms with Gasteiger partial charge >= 0.3 is 0 Å². The van der Waals surface area contributed by atoms with E-state index in [9.17, 15) is 4.79 Å². The molecule has 1 aromatic heterocycles. The van der Waals surface area contributed by atoms with Crippen LogP contribution in [0.25, 0.3) is 0 Å². The Morgan fingerprint density at radius 3 is 2.43 bits per heavy atom. The van der Waals surface area contributed by atoms with Crippen molar-refractivity contribution in [2.45, 2.75) is 46.1 Å². The first-order valence-electron chi connectivity index (χ1n) is 7.36. The number of rotatable bonds is 9. The second-order valence-corrected chi connectivity index (χ2v) is 5.66. The van der Waals surface area contributed by atoms with Crippen LogP contribution in [0.3, 0.4) is 0 Å². The SMILES string of the molecule is CCCNc1ncnc(NCCC(=O)NC(C)CC)c1Br. The molecule has 6 nitrogen and oxygen atoms in total. The second kappa shape index (κ2) is 9.55. The fourth-order valence-electron chi connectivity index (χ4n) is 1.60. The number of aromatic nitrogens is 2. The molecule has 0 spiro atoms. The minimum Gasteiger partial charge on any atom is -0.369 e. The molecule has 1 aromatic rings. The van der Waals surface area contributed by atoms with Crippen LogP contribution in [0.15, 0.2) is 10.8 Å². The lowest BCUT2D eigenvalue weighted by Gasteiger charge is -2.13. The molecule has 1 heterocycles. The lowest BCUT2D eigenvalue weighted by molar-refractivity contribution is -0.121. The maximum absolute atomic E-state index is 11.7. The molecule has 1 rings (SSSR count). The summed E-state index contributed by atoms with van der Waals surface area (Å²) < 4.78 is 0.792. The Morgan fingerprint density at radius 1 is 1.24 bits per heavy atom. The van der Waals surface area contributed by atoms with Crippen LogP contribution in [-0.2, 0) is 4.79 Å². The highest BCUT2D eigenvalue weighted by Gasteiger charge is 2.09. The first kappa shape index (κ1) is 17.7. The van der Waals surface area contributed by atoms with Gasteiger partial charge in [-0.3, -0.25) is 4.79 Å². The molecule has 0 saturated carbocycles. The first-order chi connectivity index (χ1) is 10.1. The molecule has 118 valence electrons. The predicted molar refractivity (Wildman–Crippen MR) is 89.5 cm³/mol. The van der Waals surface area contributed by atoms with E-state index in [2.05, 4.69) is 48.8 Å². The van der Waals surface area contributed by atoms with E-state index >= 15 is 0 Å². The number of nitrogens with one attached hydrogen (secondary N) is 3. The summed E-state index contributed by atoms with van der Waals surface area (Å²) in [7, 11) is 0. The minimum absolute atomic E-state index is 0.0476. The molecule has 1 unspecified atom stereocenters. The van der Waals surface area contributed by atoms with Crippen molar-refractivity contribution in [1.29, 1.82) is 0 Å². The standard InChI is InChI=1S/C14H24BrN5O/c1-4-7-16-13-12(15)14(19-9-18-13)17-8-6-11(21)20-10(3)5-2/h9-10H,4-8H2,1-3H3,(H,20,21)(H2,16,17,18,19). The van der Waals surface area contributed by atoms with Crippen LogP contribution in [-0.4, -0.2) is 35.0 Å². The molecule has 1 amide bonds. The van der Waals surface area contributed by atoms with Crippen molar-refractivity contribution in [1.82, 2.24) is 15.3 Å². The van der Waals surface area contributed by atoms with Gasteiger partial charge in [0.15, 0.2) is 0 Å². The minimum atomic E-state index is 0.0476. The zero-order valence-electron chi connectivity index (χ0n) is 12.9. The highest BCUT2D eigenvalue weighted by Crippen LogP contribution is 2.26. The molecular weight excluding hydrogens is 334 g/mol.